The molecule has 6 nitrogen and oxygen atoms in total. The zero-order valence-electron chi connectivity index (χ0n) is 17.1. The second kappa shape index (κ2) is 10.2. The van der Waals surface area contributed by atoms with Crippen LogP contribution in [0.1, 0.15) is 55.1 Å². The summed E-state index contributed by atoms with van der Waals surface area (Å²) in [4.78, 5) is 14.8. The highest BCUT2D eigenvalue weighted by atomic mass is 32.2. The minimum atomic E-state index is -3.60. The van der Waals surface area contributed by atoms with E-state index in [4.69, 9.17) is 5.26 Å². The number of benzene rings is 2. The molecule has 0 bridgehead atoms. The zero-order chi connectivity index (χ0) is 21.4. The molecule has 0 saturated carbocycles. The third-order valence-electron chi connectivity index (χ3n) is 4.62. The number of rotatable bonds is 9. The van der Waals surface area contributed by atoms with Gasteiger partial charge in [0.15, 0.2) is 0 Å². The second-order valence-corrected chi connectivity index (χ2v) is 8.70. The third kappa shape index (κ3) is 6.14. The molecule has 1 atom stereocenters. The van der Waals surface area contributed by atoms with Crippen molar-refractivity contribution in [2.45, 2.75) is 51.1 Å². The van der Waals surface area contributed by atoms with E-state index in [1.54, 1.807) is 36.1 Å². The third-order valence-corrected chi connectivity index (χ3v) is 6.22. The number of amides is 1. The number of nitrogens with zero attached hydrogens (tertiary/aromatic N) is 2. The van der Waals surface area contributed by atoms with Crippen molar-refractivity contribution >= 4 is 15.9 Å². The molecule has 7 heteroatoms. The highest BCUT2D eigenvalue weighted by Crippen LogP contribution is 2.15. The van der Waals surface area contributed by atoms with Crippen LogP contribution in [-0.4, -0.2) is 31.8 Å². The topological polar surface area (TPSA) is 90.3 Å². The lowest BCUT2D eigenvalue weighted by molar-refractivity contribution is 0.0743. The molecule has 0 aliphatic carbocycles. The Hall–Kier alpha value is -2.69. The maximum atomic E-state index is 13.0. The molecular formula is C22H27N3O3S. The van der Waals surface area contributed by atoms with Gasteiger partial charge in [-0.1, -0.05) is 26.0 Å². The Labute approximate surface area is 173 Å². The summed E-state index contributed by atoms with van der Waals surface area (Å²) in [5, 5.41) is 8.91. The van der Waals surface area contributed by atoms with Crippen molar-refractivity contribution in [2.24, 2.45) is 0 Å². The van der Waals surface area contributed by atoms with Crippen molar-refractivity contribution < 1.29 is 13.2 Å². The number of nitriles is 1. The molecule has 29 heavy (non-hydrogen) atoms. The Morgan fingerprint density at radius 3 is 2.24 bits per heavy atom. The average molecular weight is 414 g/mol. The van der Waals surface area contributed by atoms with Crippen LogP contribution in [-0.2, 0) is 16.6 Å². The van der Waals surface area contributed by atoms with Crippen LogP contribution in [0, 0.1) is 11.3 Å². The molecule has 0 fully saturated rings. The monoisotopic (exact) mass is 413 g/mol. The van der Waals surface area contributed by atoms with Gasteiger partial charge >= 0.3 is 0 Å². The molecular weight excluding hydrogens is 386 g/mol. The summed E-state index contributed by atoms with van der Waals surface area (Å²) >= 11 is 0. The molecule has 1 unspecified atom stereocenters. The summed E-state index contributed by atoms with van der Waals surface area (Å²) in [7, 11) is -3.60. The van der Waals surface area contributed by atoms with Gasteiger partial charge in [0.1, 0.15) is 0 Å². The van der Waals surface area contributed by atoms with Crippen molar-refractivity contribution in [3.8, 4) is 6.07 Å². The Bertz CT molecular complexity index is 962. The summed E-state index contributed by atoms with van der Waals surface area (Å²) in [6.07, 6.45) is 1.49. The van der Waals surface area contributed by atoms with Crippen molar-refractivity contribution in [1.82, 2.24) is 9.62 Å². The summed E-state index contributed by atoms with van der Waals surface area (Å²) in [5.74, 6) is -0.157. The van der Waals surface area contributed by atoms with Gasteiger partial charge in [-0.2, -0.15) is 5.26 Å². The number of nitrogens with one attached hydrogen (secondary N) is 1. The SMILES string of the molecule is CCCN(Cc1ccc(C#N)cc1)C(=O)c1ccc(S(=O)(=O)NC(C)CC)cc1. The molecule has 0 saturated heterocycles. The van der Waals surface area contributed by atoms with E-state index < -0.39 is 10.0 Å². The van der Waals surface area contributed by atoms with Gasteiger partial charge in [-0.15, -0.1) is 0 Å². The fourth-order valence-corrected chi connectivity index (χ4v) is 4.13. The molecule has 2 rings (SSSR count). The quantitative estimate of drug-likeness (QED) is 0.679. The number of hydrogen-bond acceptors (Lipinski definition) is 4. The first-order valence-electron chi connectivity index (χ1n) is 9.71. The second-order valence-electron chi connectivity index (χ2n) is 6.99. The highest BCUT2D eigenvalue weighted by molar-refractivity contribution is 7.89. The molecule has 2 aromatic carbocycles. The van der Waals surface area contributed by atoms with Crippen molar-refractivity contribution in [1.29, 1.82) is 5.26 Å². The van der Waals surface area contributed by atoms with E-state index in [0.29, 0.717) is 30.6 Å². The summed E-state index contributed by atoms with van der Waals surface area (Å²) in [6.45, 7) is 6.71. The van der Waals surface area contributed by atoms with Crippen molar-refractivity contribution in [2.75, 3.05) is 6.54 Å². The number of sulfonamides is 1. The average Bonchev–Trinajstić information content (AvgIpc) is 2.73. The highest BCUT2D eigenvalue weighted by Gasteiger charge is 2.19. The van der Waals surface area contributed by atoms with E-state index in [-0.39, 0.29) is 16.8 Å². The molecule has 0 aliphatic rings. The molecule has 0 spiro atoms. The Morgan fingerprint density at radius 2 is 1.72 bits per heavy atom. The van der Waals surface area contributed by atoms with Crippen LogP contribution in [0.3, 0.4) is 0 Å². The summed E-state index contributed by atoms with van der Waals surface area (Å²) in [6, 6.07) is 15.1. The number of carbonyl (C=O) groups is 1. The molecule has 0 radical (unpaired) electrons. The largest absolute Gasteiger partial charge is 0.334 e. The molecule has 1 amide bonds. The first-order valence-corrected chi connectivity index (χ1v) is 11.2. The van der Waals surface area contributed by atoms with Gasteiger partial charge in [0.2, 0.25) is 10.0 Å². The lowest BCUT2D eigenvalue weighted by atomic mass is 10.1. The van der Waals surface area contributed by atoms with Gasteiger partial charge in [0.05, 0.1) is 16.5 Å². The van der Waals surface area contributed by atoms with E-state index in [1.165, 1.54) is 12.1 Å². The Kier molecular flexibility index (Phi) is 7.94. The maximum Gasteiger partial charge on any atom is 0.254 e. The van der Waals surface area contributed by atoms with Gasteiger partial charge in [0.25, 0.3) is 5.91 Å². The van der Waals surface area contributed by atoms with Crippen LogP contribution >= 0.6 is 0 Å². The van der Waals surface area contributed by atoms with Crippen LogP contribution in [0.4, 0.5) is 0 Å². The summed E-state index contributed by atoms with van der Waals surface area (Å²) < 4.78 is 27.4. The molecule has 0 aromatic heterocycles. The molecule has 0 aliphatic heterocycles. The first-order chi connectivity index (χ1) is 13.8. The van der Waals surface area contributed by atoms with Gasteiger partial charge in [0, 0.05) is 24.7 Å². The van der Waals surface area contributed by atoms with Gasteiger partial charge in [-0.25, -0.2) is 13.1 Å². The minimum absolute atomic E-state index is 0.142. The normalized spacial score (nSPS) is 12.2. The standard InChI is InChI=1S/C22H27N3O3S/c1-4-14-25(16-19-8-6-18(15-23)7-9-19)22(26)20-10-12-21(13-11-20)29(27,28)24-17(3)5-2/h6-13,17,24H,4-5,14,16H2,1-3H3. The first kappa shape index (κ1) is 22.6. The zero-order valence-corrected chi connectivity index (χ0v) is 17.9. The maximum absolute atomic E-state index is 13.0. The van der Waals surface area contributed by atoms with E-state index in [1.807, 2.05) is 26.0 Å². The number of hydrogen-bond donors (Lipinski definition) is 1. The Balaban J connectivity index is 2.18. The lowest BCUT2D eigenvalue weighted by Gasteiger charge is -2.22. The van der Waals surface area contributed by atoms with Crippen LogP contribution in [0.15, 0.2) is 53.4 Å². The van der Waals surface area contributed by atoms with Gasteiger partial charge < -0.3 is 4.90 Å². The smallest absolute Gasteiger partial charge is 0.254 e. The van der Waals surface area contributed by atoms with Crippen LogP contribution in [0.2, 0.25) is 0 Å². The van der Waals surface area contributed by atoms with Crippen LogP contribution in [0.25, 0.3) is 0 Å². The Morgan fingerprint density at radius 1 is 1.10 bits per heavy atom. The van der Waals surface area contributed by atoms with E-state index in [2.05, 4.69) is 10.8 Å². The predicted octanol–water partition coefficient (Wildman–Crippen LogP) is 3.69. The molecule has 1 N–H and O–H groups in total. The van der Waals surface area contributed by atoms with E-state index >= 15 is 0 Å². The van der Waals surface area contributed by atoms with Crippen LogP contribution in [0.5, 0.6) is 0 Å². The van der Waals surface area contributed by atoms with E-state index in [0.717, 1.165) is 12.0 Å². The molecule has 0 heterocycles. The van der Waals surface area contributed by atoms with Gasteiger partial charge in [-0.05, 0) is 61.7 Å². The molecule has 154 valence electrons. The lowest BCUT2D eigenvalue weighted by Crippen LogP contribution is -2.32. The number of carbonyl (C=O) groups excluding carboxylic acids is 1. The van der Waals surface area contributed by atoms with Crippen molar-refractivity contribution in [3.63, 3.8) is 0 Å². The predicted molar refractivity (Wildman–Crippen MR) is 113 cm³/mol. The minimum Gasteiger partial charge on any atom is -0.334 e. The van der Waals surface area contributed by atoms with Crippen LogP contribution < -0.4 is 4.72 Å². The van der Waals surface area contributed by atoms with Crippen molar-refractivity contribution in [3.05, 3.63) is 65.2 Å². The molecule has 2 aromatic rings. The van der Waals surface area contributed by atoms with Gasteiger partial charge in [-0.3, -0.25) is 4.79 Å². The fraction of sp³-hybridized carbons (Fsp3) is 0.364. The fourth-order valence-electron chi connectivity index (χ4n) is 2.80. The summed E-state index contributed by atoms with van der Waals surface area (Å²) in [5.41, 5.74) is 1.95. The van der Waals surface area contributed by atoms with E-state index in [9.17, 15) is 13.2 Å².